The summed E-state index contributed by atoms with van der Waals surface area (Å²) in [7, 11) is 0. The van der Waals surface area contributed by atoms with Gasteiger partial charge >= 0.3 is 0 Å². The predicted octanol–water partition coefficient (Wildman–Crippen LogP) is 3.54. The van der Waals surface area contributed by atoms with E-state index < -0.39 is 24.5 Å². The van der Waals surface area contributed by atoms with E-state index in [-0.39, 0.29) is 11.5 Å². The Morgan fingerprint density at radius 2 is 1.92 bits per heavy atom. The second-order valence-electron chi connectivity index (χ2n) is 12.0. The van der Waals surface area contributed by atoms with Crippen molar-refractivity contribution in [3.8, 4) is 0 Å². The van der Waals surface area contributed by atoms with Crippen LogP contribution < -0.4 is 5.73 Å². The summed E-state index contributed by atoms with van der Waals surface area (Å²) < 4.78 is 7.93. The van der Waals surface area contributed by atoms with Crippen molar-refractivity contribution in [2.75, 3.05) is 18.8 Å². The van der Waals surface area contributed by atoms with Crippen molar-refractivity contribution >= 4 is 27.9 Å². The van der Waals surface area contributed by atoms with E-state index in [1.54, 1.807) is 16.8 Å². The van der Waals surface area contributed by atoms with Crippen molar-refractivity contribution in [1.82, 2.24) is 29.4 Å². The second-order valence-corrected chi connectivity index (χ2v) is 12.0. The van der Waals surface area contributed by atoms with Crippen LogP contribution in [-0.2, 0) is 16.6 Å². The first-order chi connectivity index (χ1) is 18.5. The molecule has 0 saturated carbocycles. The molecule has 5 N–H and O–H groups in total. The van der Waals surface area contributed by atoms with Gasteiger partial charge in [0.2, 0.25) is 0 Å². The molecule has 0 radical (unpaired) electrons. The van der Waals surface area contributed by atoms with Crippen molar-refractivity contribution in [3.05, 3.63) is 48.2 Å². The number of ether oxygens (including phenoxy) is 1. The van der Waals surface area contributed by atoms with Gasteiger partial charge in [-0.15, -0.1) is 0 Å². The number of rotatable bonds is 9. The van der Waals surface area contributed by atoms with Crippen LogP contribution in [0.5, 0.6) is 0 Å². The molecular weight excluding hydrogens is 494 g/mol. The molecule has 210 valence electrons. The van der Waals surface area contributed by atoms with Crippen molar-refractivity contribution in [1.29, 1.82) is 0 Å². The summed E-state index contributed by atoms with van der Waals surface area (Å²) in [6.45, 7) is 12.3. The number of benzene rings is 1. The predicted molar refractivity (Wildman–Crippen MR) is 152 cm³/mol. The van der Waals surface area contributed by atoms with Gasteiger partial charge in [-0.1, -0.05) is 26.8 Å². The number of nitrogens with zero attached hydrogens (tertiary/aromatic N) is 5. The van der Waals surface area contributed by atoms with E-state index in [1.807, 2.05) is 0 Å². The van der Waals surface area contributed by atoms with E-state index in [9.17, 15) is 10.2 Å². The Hall–Kier alpha value is -3.05. The zero-order valence-electron chi connectivity index (χ0n) is 23.5. The normalized spacial score (nSPS) is 22.2. The number of hydrogen-bond donors (Lipinski definition) is 4. The molecule has 1 saturated heterocycles. The topological polar surface area (TPSA) is 138 Å². The molecule has 4 atom stereocenters. The van der Waals surface area contributed by atoms with Crippen LogP contribution in [0.1, 0.15) is 65.1 Å². The van der Waals surface area contributed by atoms with Crippen molar-refractivity contribution in [3.63, 3.8) is 0 Å². The highest BCUT2D eigenvalue weighted by Gasteiger charge is 2.44. The van der Waals surface area contributed by atoms with Crippen LogP contribution in [-0.4, -0.2) is 77.1 Å². The number of unbranched alkanes of at least 4 members (excludes halogenated alkanes) is 1. The fourth-order valence-corrected chi connectivity index (χ4v) is 5.35. The van der Waals surface area contributed by atoms with E-state index in [0.29, 0.717) is 23.4 Å². The highest BCUT2D eigenvalue weighted by Crippen LogP contribution is 2.33. The molecule has 0 spiro atoms. The van der Waals surface area contributed by atoms with Gasteiger partial charge in [0.15, 0.2) is 6.23 Å². The quantitative estimate of drug-likeness (QED) is 0.239. The van der Waals surface area contributed by atoms with Gasteiger partial charge in [-0.3, -0.25) is 4.90 Å². The molecule has 0 aliphatic carbocycles. The smallest absolute Gasteiger partial charge is 0.164 e. The molecule has 1 aromatic carbocycles. The van der Waals surface area contributed by atoms with Gasteiger partial charge in [0, 0.05) is 25.2 Å². The number of aliphatic hydroxyl groups excluding tert-OH is 2. The number of aryl methyl sites for hydroxylation is 1. The first kappa shape index (κ1) is 27.5. The first-order valence-corrected chi connectivity index (χ1v) is 13.8. The van der Waals surface area contributed by atoms with Gasteiger partial charge in [0.05, 0.1) is 16.4 Å². The zero-order chi connectivity index (χ0) is 27.9. The molecule has 3 aromatic heterocycles. The number of hydrogen-bond acceptors (Lipinski definition) is 8. The van der Waals surface area contributed by atoms with Gasteiger partial charge in [-0.25, -0.2) is 15.0 Å². The SMILES string of the molecule is CC(C)N(CCCCc1nc2cc(C(C)(C)C)ccc2[nH]1)C[C@H]1OC(n2ccc3c(N)ncnc32)[C@H](O)[C@@H]1O. The molecule has 4 heterocycles. The number of aromatic nitrogens is 5. The summed E-state index contributed by atoms with van der Waals surface area (Å²) in [4.78, 5) is 18.9. The van der Waals surface area contributed by atoms with Crippen LogP contribution in [0.2, 0.25) is 0 Å². The lowest BCUT2D eigenvalue weighted by Crippen LogP contribution is -2.43. The Labute approximate surface area is 229 Å². The first-order valence-electron chi connectivity index (χ1n) is 13.8. The largest absolute Gasteiger partial charge is 0.387 e. The molecule has 0 amide bonds. The minimum absolute atomic E-state index is 0.0955. The van der Waals surface area contributed by atoms with Gasteiger partial charge in [-0.2, -0.15) is 0 Å². The van der Waals surface area contributed by atoms with E-state index in [2.05, 4.69) is 72.7 Å². The summed E-state index contributed by atoms with van der Waals surface area (Å²) in [6, 6.07) is 8.54. The third kappa shape index (κ3) is 5.65. The number of aromatic amines is 1. The zero-order valence-corrected chi connectivity index (χ0v) is 23.5. The van der Waals surface area contributed by atoms with Crippen molar-refractivity contribution < 1.29 is 14.9 Å². The average Bonchev–Trinajstić information content (AvgIpc) is 3.57. The molecule has 10 nitrogen and oxygen atoms in total. The lowest BCUT2D eigenvalue weighted by atomic mass is 9.87. The van der Waals surface area contributed by atoms with Gasteiger partial charge < -0.3 is 30.2 Å². The fourth-order valence-electron chi connectivity index (χ4n) is 5.35. The third-order valence-electron chi connectivity index (χ3n) is 7.80. The van der Waals surface area contributed by atoms with Crippen LogP contribution in [0.25, 0.3) is 22.1 Å². The number of H-pyrrole nitrogens is 1. The molecule has 0 bridgehead atoms. The standard InChI is InChI=1S/C29H41N7O3/c1-17(2)35(12-7-6-8-23-33-20-10-9-18(29(3,4)5)14-21(20)34-23)15-22-24(37)25(38)28(39-22)36-13-11-19-26(30)31-16-32-27(19)36/h9-11,13-14,16-17,22,24-25,28,37-38H,6-8,12,15H2,1-5H3,(H,33,34)(H2,30,31,32)/t22-,24-,25-,28?/m1/s1. The van der Waals surface area contributed by atoms with Gasteiger partial charge in [-0.05, 0) is 62.4 Å². The Balaban J connectivity index is 1.18. The summed E-state index contributed by atoms with van der Waals surface area (Å²) in [5.74, 6) is 1.38. The molecule has 1 aliphatic rings. The molecule has 4 aromatic rings. The number of aliphatic hydroxyl groups is 2. The third-order valence-corrected chi connectivity index (χ3v) is 7.80. The Morgan fingerprint density at radius 3 is 2.67 bits per heavy atom. The Kier molecular flexibility index (Phi) is 7.65. The number of nitrogen functional groups attached to an aromatic ring is 1. The lowest BCUT2D eigenvalue weighted by molar-refractivity contribution is -0.0466. The Morgan fingerprint density at radius 1 is 1.13 bits per heavy atom. The summed E-state index contributed by atoms with van der Waals surface area (Å²) in [5.41, 5.74) is 10.0. The molecule has 1 aliphatic heterocycles. The summed E-state index contributed by atoms with van der Waals surface area (Å²) in [6.07, 6.45) is 2.62. The highest BCUT2D eigenvalue weighted by molar-refractivity contribution is 5.86. The molecule has 39 heavy (non-hydrogen) atoms. The van der Waals surface area contributed by atoms with E-state index >= 15 is 0 Å². The molecule has 1 unspecified atom stereocenters. The maximum atomic E-state index is 10.9. The van der Waals surface area contributed by atoms with Crippen molar-refractivity contribution in [2.24, 2.45) is 0 Å². The lowest BCUT2D eigenvalue weighted by Gasteiger charge is -2.30. The Bertz CT molecular complexity index is 1420. The monoisotopic (exact) mass is 535 g/mol. The van der Waals surface area contributed by atoms with E-state index in [1.165, 1.54) is 11.9 Å². The summed E-state index contributed by atoms with van der Waals surface area (Å²) >= 11 is 0. The van der Waals surface area contributed by atoms with Crippen LogP contribution >= 0.6 is 0 Å². The van der Waals surface area contributed by atoms with E-state index in [4.69, 9.17) is 15.5 Å². The number of nitrogens with two attached hydrogens (primary N) is 1. The van der Waals surface area contributed by atoms with Crippen LogP contribution in [0.15, 0.2) is 36.8 Å². The number of fused-ring (bicyclic) bond motifs is 2. The van der Waals surface area contributed by atoms with Gasteiger partial charge in [0.25, 0.3) is 0 Å². The minimum atomic E-state index is -1.08. The van der Waals surface area contributed by atoms with E-state index in [0.717, 1.165) is 42.7 Å². The minimum Gasteiger partial charge on any atom is -0.387 e. The summed E-state index contributed by atoms with van der Waals surface area (Å²) in [5, 5.41) is 22.4. The van der Waals surface area contributed by atoms with Crippen molar-refractivity contribution in [2.45, 2.75) is 89.9 Å². The maximum absolute atomic E-state index is 10.9. The number of nitrogens with one attached hydrogen (secondary N) is 1. The molecule has 5 rings (SSSR count). The highest BCUT2D eigenvalue weighted by atomic mass is 16.6. The number of anilines is 1. The molecule has 10 heteroatoms. The molecule has 1 fully saturated rings. The van der Waals surface area contributed by atoms with Crippen LogP contribution in [0.4, 0.5) is 5.82 Å². The second kappa shape index (κ2) is 10.8. The van der Waals surface area contributed by atoms with Crippen LogP contribution in [0, 0.1) is 0 Å². The maximum Gasteiger partial charge on any atom is 0.164 e. The van der Waals surface area contributed by atoms with Crippen LogP contribution in [0.3, 0.4) is 0 Å². The molecular formula is C29H41N7O3. The van der Waals surface area contributed by atoms with Gasteiger partial charge in [0.1, 0.15) is 41.9 Å². The average molecular weight is 536 g/mol. The fraction of sp³-hybridized carbons (Fsp3) is 0.552. The number of imidazole rings is 1.